The van der Waals surface area contributed by atoms with Crippen LogP contribution in [0.1, 0.15) is 11.3 Å². The number of amides is 1. The monoisotopic (exact) mass is 379 g/mol. The van der Waals surface area contributed by atoms with Crippen LogP contribution in [-0.4, -0.2) is 22.0 Å². The zero-order valence-electron chi connectivity index (χ0n) is 12.7. The molecule has 1 N–H and O–H groups in total. The normalized spacial score (nSPS) is 10.8. The molecule has 124 valence electrons. The third kappa shape index (κ3) is 4.38. The fourth-order valence-electron chi connectivity index (χ4n) is 2.25. The van der Waals surface area contributed by atoms with Crippen molar-refractivity contribution in [3.63, 3.8) is 0 Å². The van der Waals surface area contributed by atoms with Gasteiger partial charge in [-0.1, -0.05) is 29.3 Å². The van der Waals surface area contributed by atoms with E-state index in [1.807, 2.05) is 40.5 Å². The van der Waals surface area contributed by atoms with E-state index in [1.165, 1.54) is 11.3 Å². The van der Waals surface area contributed by atoms with Crippen LogP contribution in [0.2, 0.25) is 10.0 Å². The molecule has 0 spiro atoms. The van der Waals surface area contributed by atoms with Gasteiger partial charge in [-0.15, -0.1) is 11.3 Å². The second kappa shape index (κ2) is 7.83. The van der Waals surface area contributed by atoms with Crippen LogP contribution in [0.15, 0.2) is 48.1 Å². The molecule has 0 radical (unpaired) electrons. The fourth-order valence-corrected chi connectivity index (χ4v) is 3.54. The highest BCUT2D eigenvalue weighted by atomic mass is 35.5. The number of carbonyl (C=O) groups is 1. The van der Waals surface area contributed by atoms with E-state index in [-0.39, 0.29) is 12.3 Å². The average Bonchev–Trinajstić information content (AvgIpc) is 3.20. The molecule has 4 nitrogen and oxygen atoms in total. The molecule has 0 aliphatic rings. The van der Waals surface area contributed by atoms with Crippen molar-refractivity contribution in [3.8, 4) is 5.13 Å². The molecule has 0 aliphatic carbocycles. The Morgan fingerprint density at radius 2 is 2.04 bits per heavy atom. The first kappa shape index (κ1) is 17.0. The van der Waals surface area contributed by atoms with Gasteiger partial charge in [0, 0.05) is 34.4 Å². The molecule has 2 aromatic heterocycles. The van der Waals surface area contributed by atoms with E-state index < -0.39 is 0 Å². The second-order valence-electron chi connectivity index (χ2n) is 5.22. The third-order valence-electron chi connectivity index (χ3n) is 3.44. The maximum absolute atomic E-state index is 12.0. The Kier molecular flexibility index (Phi) is 5.56. The Hall–Kier alpha value is -1.82. The topological polar surface area (TPSA) is 46.9 Å². The number of hydrogen-bond acceptors (Lipinski definition) is 3. The van der Waals surface area contributed by atoms with E-state index in [2.05, 4.69) is 10.3 Å². The molecule has 0 saturated carbocycles. The molecule has 0 saturated heterocycles. The van der Waals surface area contributed by atoms with Gasteiger partial charge in [-0.2, -0.15) is 0 Å². The molecular formula is C17H15Cl2N3OS. The van der Waals surface area contributed by atoms with Crippen LogP contribution in [0.25, 0.3) is 5.13 Å². The van der Waals surface area contributed by atoms with Crippen molar-refractivity contribution in [2.75, 3.05) is 6.54 Å². The smallest absolute Gasteiger partial charge is 0.226 e. The maximum Gasteiger partial charge on any atom is 0.226 e. The predicted octanol–water partition coefficient (Wildman–Crippen LogP) is 4.14. The molecular weight excluding hydrogens is 365 g/mol. The summed E-state index contributed by atoms with van der Waals surface area (Å²) in [7, 11) is 0. The minimum absolute atomic E-state index is 0.0514. The molecule has 0 fully saturated rings. The van der Waals surface area contributed by atoms with Crippen LogP contribution in [-0.2, 0) is 17.6 Å². The molecule has 3 aromatic rings. The molecule has 0 bridgehead atoms. The summed E-state index contributed by atoms with van der Waals surface area (Å²) in [5.74, 6) is -0.0514. The van der Waals surface area contributed by atoms with Crippen molar-refractivity contribution in [1.82, 2.24) is 14.9 Å². The highest BCUT2D eigenvalue weighted by Gasteiger charge is 2.09. The summed E-state index contributed by atoms with van der Waals surface area (Å²) < 4.78 is 1.93. The van der Waals surface area contributed by atoms with E-state index >= 15 is 0 Å². The molecule has 24 heavy (non-hydrogen) atoms. The first-order valence-corrected chi connectivity index (χ1v) is 9.04. The minimum atomic E-state index is -0.0514. The number of rotatable bonds is 6. The van der Waals surface area contributed by atoms with Gasteiger partial charge in [0.2, 0.25) is 5.91 Å². The van der Waals surface area contributed by atoms with Gasteiger partial charge in [0.25, 0.3) is 0 Å². The summed E-state index contributed by atoms with van der Waals surface area (Å²) in [5, 5.41) is 6.88. The lowest BCUT2D eigenvalue weighted by Gasteiger charge is -2.06. The summed E-state index contributed by atoms with van der Waals surface area (Å²) >= 11 is 13.5. The number of thiazole rings is 1. The summed E-state index contributed by atoms with van der Waals surface area (Å²) in [4.78, 5) is 16.5. The Morgan fingerprint density at radius 3 is 2.79 bits per heavy atom. The van der Waals surface area contributed by atoms with Gasteiger partial charge < -0.3 is 9.88 Å². The summed E-state index contributed by atoms with van der Waals surface area (Å²) in [5.41, 5.74) is 1.73. The second-order valence-corrected chi connectivity index (χ2v) is 6.90. The van der Waals surface area contributed by atoms with Gasteiger partial charge >= 0.3 is 0 Å². The molecule has 1 aromatic carbocycles. The van der Waals surface area contributed by atoms with Crippen LogP contribution in [0.3, 0.4) is 0 Å². The number of carbonyl (C=O) groups excluding carboxylic acids is 1. The van der Waals surface area contributed by atoms with E-state index in [9.17, 15) is 4.79 Å². The zero-order chi connectivity index (χ0) is 16.9. The Morgan fingerprint density at radius 1 is 1.25 bits per heavy atom. The van der Waals surface area contributed by atoms with E-state index in [4.69, 9.17) is 23.2 Å². The highest BCUT2D eigenvalue weighted by molar-refractivity contribution is 7.12. The number of nitrogens with one attached hydrogen (secondary N) is 1. The van der Waals surface area contributed by atoms with Gasteiger partial charge in [-0.25, -0.2) is 4.98 Å². The lowest BCUT2D eigenvalue weighted by molar-refractivity contribution is -0.120. The van der Waals surface area contributed by atoms with Gasteiger partial charge in [-0.3, -0.25) is 4.79 Å². The quantitative estimate of drug-likeness (QED) is 0.699. The van der Waals surface area contributed by atoms with Crippen molar-refractivity contribution in [3.05, 3.63) is 69.4 Å². The molecule has 1 amide bonds. The fraction of sp³-hybridized carbons (Fsp3) is 0.176. The third-order valence-corrected chi connectivity index (χ3v) is 4.93. The largest absolute Gasteiger partial charge is 0.355 e. The van der Waals surface area contributed by atoms with Gasteiger partial charge in [-0.05, 0) is 36.2 Å². The first-order chi connectivity index (χ1) is 11.6. The van der Waals surface area contributed by atoms with Crippen molar-refractivity contribution >= 4 is 40.4 Å². The zero-order valence-corrected chi connectivity index (χ0v) is 15.0. The molecule has 0 unspecified atom stereocenters. The maximum atomic E-state index is 12.0. The Labute approximate surface area is 154 Å². The van der Waals surface area contributed by atoms with Crippen LogP contribution in [0.4, 0.5) is 0 Å². The lowest BCUT2D eigenvalue weighted by Crippen LogP contribution is -2.27. The van der Waals surface area contributed by atoms with Crippen LogP contribution in [0, 0.1) is 0 Å². The number of nitrogens with zero attached hydrogens (tertiary/aromatic N) is 2. The highest BCUT2D eigenvalue weighted by Crippen LogP contribution is 2.21. The first-order valence-electron chi connectivity index (χ1n) is 7.40. The molecule has 3 rings (SSSR count). The Bertz CT molecular complexity index is 830. The number of benzene rings is 1. The molecule has 7 heteroatoms. The van der Waals surface area contributed by atoms with Crippen LogP contribution < -0.4 is 5.32 Å². The molecule has 2 heterocycles. The van der Waals surface area contributed by atoms with E-state index in [1.54, 1.807) is 12.1 Å². The van der Waals surface area contributed by atoms with Crippen LogP contribution >= 0.6 is 34.5 Å². The summed E-state index contributed by atoms with van der Waals surface area (Å²) in [6.45, 7) is 0.523. The number of halogens is 2. The number of aromatic nitrogens is 2. The lowest BCUT2D eigenvalue weighted by atomic mass is 10.1. The van der Waals surface area contributed by atoms with E-state index in [0.29, 0.717) is 23.0 Å². The van der Waals surface area contributed by atoms with Crippen LogP contribution in [0.5, 0.6) is 0 Å². The SMILES string of the molecule is O=C(Cc1csc(-n2cccc2)n1)NCCc1ccc(Cl)cc1Cl. The average molecular weight is 380 g/mol. The van der Waals surface area contributed by atoms with Crippen molar-refractivity contribution in [1.29, 1.82) is 0 Å². The minimum Gasteiger partial charge on any atom is -0.355 e. The van der Waals surface area contributed by atoms with Gasteiger partial charge in [0.05, 0.1) is 12.1 Å². The summed E-state index contributed by atoms with van der Waals surface area (Å²) in [6.07, 6.45) is 4.79. The van der Waals surface area contributed by atoms with Crippen molar-refractivity contribution < 1.29 is 4.79 Å². The number of hydrogen-bond donors (Lipinski definition) is 1. The van der Waals surface area contributed by atoms with Crippen molar-refractivity contribution in [2.45, 2.75) is 12.8 Å². The predicted molar refractivity (Wildman–Crippen MR) is 98.3 cm³/mol. The van der Waals surface area contributed by atoms with Gasteiger partial charge in [0.15, 0.2) is 5.13 Å². The summed E-state index contributed by atoms with van der Waals surface area (Å²) in [6, 6.07) is 9.26. The standard InChI is InChI=1S/C17H15Cl2N3OS/c18-13-4-3-12(15(19)9-13)5-6-20-16(23)10-14-11-24-17(21-14)22-7-1-2-8-22/h1-4,7-9,11H,5-6,10H2,(H,20,23). The molecule has 0 aliphatic heterocycles. The Balaban J connectivity index is 1.49. The van der Waals surface area contributed by atoms with Gasteiger partial charge in [0.1, 0.15) is 0 Å². The van der Waals surface area contributed by atoms with E-state index in [0.717, 1.165) is 16.4 Å². The molecule has 0 atom stereocenters. The van der Waals surface area contributed by atoms with Crippen molar-refractivity contribution in [2.24, 2.45) is 0 Å².